The highest BCUT2D eigenvalue weighted by atomic mass is 16.5. The standard InChI is InChI=1S/C9H14O3/c1-6-7(3-4-8(6)10)5-9(11)12-2/h6-7H,3-5H2,1-2H3/t6-,7-/m1/s1. The van der Waals surface area contributed by atoms with Crippen molar-refractivity contribution in [2.75, 3.05) is 7.11 Å². The maximum atomic E-state index is 11.1. The first-order chi connectivity index (χ1) is 5.65. The summed E-state index contributed by atoms with van der Waals surface area (Å²) in [6.07, 6.45) is 1.86. The highest BCUT2D eigenvalue weighted by Crippen LogP contribution is 2.30. The number of rotatable bonds is 2. The van der Waals surface area contributed by atoms with Gasteiger partial charge in [0.25, 0.3) is 0 Å². The Bertz CT molecular complexity index is 198. The summed E-state index contributed by atoms with van der Waals surface area (Å²) in [6.45, 7) is 1.89. The molecule has 0 aromatic rings. The number of ether oxygens (including phenoxy) is 1. The predicted octanol–water partition coefficient (Wildman–Crippen LogP) is 1.16. The Balaban J connectivity index is 2.44. The van der Waals surface area contributed by atoms with Gasteiger partial charge >= 0.3 is 5.97 Å². The topological polar surface area (TPSA) is 43.4 Å². The third-order valence-electron chi connectivity index (χ3n) is 2.63. The molecule has 1 aliphatic rings. The van der Waals surface area contributed by atoms with Crippen LogP contribution in [-0.2, 0) is 14.3 Å². The fourth-order valence-corrected chi connectivity index (χ4v) is 1.64. The third-order valence-corrected chi connectivity index (χ3v) is 2.63. The first-order valence-corrected chi connectivity index (χ1v) is 4.24. The lowest BCUT2D eigenvalue weighted by Gasteiger charge is -2.11. The van der Waals surface area contributed by atoms with Gasteiger partial charge < -0.3 is 4.74 Å². The minimum Gasteiger partial charge on any atom is -0.469 e. The number of esters is 1. The van der Waals surface area contributed by atoms with Crippen molar-refractivity contribution in [3.8, 4) is 0 Å². The van der Waals surface area contributed by atoms with Gasteiger partial charge in [-0.05, 0) is 12.3 Å². The minimum absolute atomic E-state index is 0.0455. The highest BCUT2D eigenvalue weighted by Gasteiger charge is 2.32. The predicted molar refractivity (Wildman–Crippen MR) is 43.5 cm³/mol. The second-order valence-corrected chi connectivity index (χ2v) is 3.33. The maximum Gasteiger partial charge on any atom is 0.305 e. The molecule has 0 saturated heterocycles. The Morgan fingerprint density at radius 3 is 2.75 bits per heavy atom. The summed E-state index contributed by atoms with van der Waals surface area (Å²) < 4.78 is 4.55. The van der Waals surface area contributed by atoms with E-state index in [9.17, 15) is 9.59 Å². The fraction of sp³-hybridized carbons (Fsp3) is 0.778. The van der Waals surface area contributed by atoms with Gasteiger partial charge in [0.15, 0.2) is 0 Å². The lowest BCUT2D eigenvalue weighted by atomic mass is 9.94. The Kier molecular flexibility index (Phi) is 2.84. The molecule has 0 spiro atoms. The van der Waals surface area contributed by atoms with Crippen LogP contribution >= 0.6 is 0 Å². The Labute approximate surface area is 72.1 Å². The van der Waals surface area contributed by atoms with Crippen LogP contribution < -0.4 is 0 Å². The molecule has 0 aliphatic heterocycles. The Hall–Kier alpha value is -0.860. The summed E-state index contributed by atoms with van der Waals surface area (Å²) in [6, 6.07) is 0. The van der Waals surface area contributed by atoms with Gasteiger partial charge in [0.1, 0.15) is 5.78 Å². The van der Waals surface area contributed by atoms with Gasteiger partial charge in [-0.15, -0.1) is 0 Å². The normalized spacial score (nSPS) is 29.0. The van der Waals surface area contributed by atoms with E-state index in [4.69, 9.17) is 0 Å². The van der Waals surface area contributed by atoms with Crippen molar-refractivity contribution in [2.45, 2.75) is 26.2 Å². The number of carbonyl (C=O) groups is 2. The van der Waals surface area contributed by atoms with Crippen LogP contribution in [0.4, 0.5) is 0 Å². The molecule has 0 aromatic carbocycles. The second kappa shape index (κ2) is 3.70. The van der Waals surface area contributed by atoms with E-state index in [1.165, 1.54) is 7.11 Å². The van der Waals surface area contributed by atoms with Crippen molar-refractivity contribution >= 4 is 11.8 Å². The summed E-state index contributed by atoms with van der Waals surface area (Å²) in [5.41, 5.74) is 0. The molecule has 3 heteroatoms. The van der Waals surface area contributed by atoms with Crippen molar-refractivity contribution in [1.82, 2.24) is 0 Å². The zero-order valence-electron chi connectivity index (χ0n) is 7.50. The van der Waals surface area contributed by atoms with Gasteiger partial charge in [-0.25, -0.2) is 0 Å². The van der Waals surface area contributed by atoms with Crippen LogP contribution in [0.5, 0.6) is 0 Å². The molecule has 1 aliphatic carbocycles. The number of hydrogen-bond donors (Lipinski definition) is 0. The minimum atomic E-state index is -0.207. The molecule has 12 heavy (non-hydrogen) atoms. The van der Waals surface area contributed by atoms with E-state index in [1.54, 1.807) is 0 Å². The highest BCUT2D eigenvalue weighted by molar-refractivity contribution is 5.84. The third kappa shape index (κ3) is 1.84. The van der Waals surface area contributed by atoms with Crippen LogP contribution in [0.1, 0.15) is 26.2 Å². The molecule has 1 rings (SSSR count). The number of Topliss-reactive ketones (excluding diaryl/α,β-unsaturated/α-hetero) is 1. The molecule has 0 unspecified atom stereocenters. The second-order valence-electron chi connectivity index (χ2n) is 3.33. The van der Waals surface area contributed by atoms with Crippen LogP contribution in [0.25, 0.3) is 0 Å². The molecule has 0 amide bonds. The Morgan fingerprint density at radius 2 is 2.33 bits per heavy atom. The number of carbonyl (C=O) groups excluding carboxylic acids is 2. The zero-order valence-corrected chi connectivity index (χ0v) is 7.50. The summed E-state index contributed by atoms with van der Waals surface area (Å²) in [5.74, 6) is 0.333. The van der Waals surface area contributed by atoms with Crippen LogP contribution in [0.2, 0.25) is 0 Å². The van der Waals surface area contributed by atoms with E-state index in [0.717, 1.165) is 6.42 Å². The Morgan fingerprint density at radius 1 is 1.67 bits per heavy atom. The lowest BCUT2D eigenvalue weighted by Crippen LogP contribution is -2.15. The molecule has 0 bridgehead atoms. The van der Waals surface area contributed by atoms with Crippen molar-refractivity contribution in [3.05, 3.63) is 0 Å². The summed E-state index contributed by atoms with van der Waals surface area (Å²) in [5, 5.41) is 0. The van der Waals surface area contributed by atoms with Gasteiger partial charge in [0.2, 0.25) is 0 Å². The number of hydrogen-bond acceptors (Lipinski definition) is 3. The van der Waals surface area contributed by atoms with Gasteiger partial charge in [0.05, 0.1) is 7.11 Å². The molecule has 1 fully saturated rings. The molecule has 0 N–H and O–H groups in total. The monoisotopic (exact) mass is 170 g/mol. The van der Waals surface area contributed by atoms with Crippen molar-refractivity contribution in [1.29, 1.82) is 0 Å². The van der Waals surface area contributed by atoms with E-state index in [-0.39, 0.29) is 23.6 Å². The lowest BCUT2D eigenvalue weighted by molar-refractivity contribution is -0.142. The fourth-order valence-electron chi connectivity index (χ4n) is 1.64. The summed E-state index contributed by atoms with van der Waals surface area (Å²) >= 11 is 0. The van der Waals surface area contributed by atoms with E-state index < -0.39 is 0 Å². The number of methoxy groups -OCH3 is 1. The van der Waals surface area contributed by atoms with Crippen LogP contribution in [0.3, 0.4) is 0 Å². The van der Waals surface area contributed by atoms with E-state index in [0.29, 0.717) is 12.8 Å². The SMILES string of the molecule is COC(=O)C[C@H]1CCC(=O)[C@@H]1C. The van der Waals surface area contributed by atoms with Gasteiger partial charge in [-0.2, -0.15) is 0 Å². The molecule has 2 atom stereocenters. The molecular weight excluding hydrogens is 156 g/mol. The first kappa shape index (κ1) is 9.23. The van der Waals surface area contributed by atoms with E-state index in [1.807, 2.05) is 6.92 Å². The molecule has 0 heterocycles. The van der Waals surface area contributed by atoms with Crippen LogP contribution in [0, 0.1) is 11.8 Å². The smallest absolute Gasteiger partial charge is 0.305 e. The van der Waals surface area contributed by atoms with Crippen LogP contribution in [0.15, 0.2) is 0 Å². The molecule has 0 radical (unpaired) electrons. The average molecular weight is 170 g/mol. The van der Waals surface area contributed by atoms with Gasteiger partial charge in [-0.1, -0.05) is 6.92 Å². The van der Waals surface area contributed by atoms with Crippen molar-refractivity contribution in [3.63, 3.8) is 0 Å². The summed E-state index contributed by atoms with van der Waals surface area (Å²) in [7, 11) is 1.38. The molecule has 0 aromatic heterocycles. The maximum absolute atomic E-state index is 11.1. The molecule has 68 valence electrons. The van der Waals surface area contributed by atoms with Gasteiger partial charge in [-0.3, -0.25) is 9.59 Å². The molecule has 1 saturated carbocycles. The quantitative estimate of drug-likeness (QED) is 0.584. The average Bonchev–Trinajstić information content (AvgIpc) is 2.36. The zero-order chi connectivity index (χ0) is 9.14. The number of ketones is 1. The van der Waals surface area contributed by atoms with Crippen molar-refractivity contribution < 1.29 is 14.3 Å². The van der Waals surface area contributed by atoms with Crippen LogP contribution in [-0.4, -0.2) is 18.9 Å². The molecule has 3 nitrogen and oxygen atoms in total. The summed E-state index contributed by atoms with van der Waals surface area (Å²) in [4.78, 5) is 22.0. The van der Waals surface area contributed by atoms with Gasteiger partial charge in [0, 0.05) is 18.8 Å². The van der Waals surface area contributed by atoms with E-state index >= 15 is 0 Å². The largest absolute Gasteiger partial charge is 0.469 e. The van der Waals surface area contributed by atoms with Crippen molar-refractivity contribution in [2.24, 2.45) is 11.8 Å². The first-order valence-electron chi connectivity index (χ1n) is 4.24. The molecular formula is C9H14O3. The van der Waals surface area contributed by atoms with E-state index in [2.05, 4.69) is 4.74 Å².